The fourth-order valence-electron chi connectivity index (χ4n) is 1.75. The van der Waals surface area contributed by atoms with Gasteiger partial charge in [0.25, 0.3) is 0 Å². The average Bonchev–Trinajstić information content (AvgIpc) is 2.73. The molecule has 0 radical (unpaired) electrons. The smallest absolute Gasteiger partial charge is 0.225 e. The van der Waals surface area contributed by atoms with E-state index in [2.05, 4.69) is 27.1 Å². The Labute approximate surface area is 105 Å². The molecule has 0 unspecified atom stereocenters. The van der Waals surface area contributed by atoms with Gasteiger partial charge >= 0.3 is 0 Å². The highest BCUT2D eigenvalue weighted by molar-refractivity contribution is 5.98. The third kappa shape index (κ3) is 2.56. The van der Waals surface area contributed by atoms with Gasteiger partial charge in [-0.1, -0.05) is 13.0 Å². The molecule has 0 aliphatic rings. The maximum atomic E-state index is 11.6. The average molecular weight is 244 g/mol. The second-order valence-electron chi connectivity index (χ2n) is 4.10. The van der Waals surface area contributed by atoms with Crippen LogP contribution in [0.15, 0.2) is 24.9 Å². The van der Waals surface area contributed by atoms with Gasteiger partial charge in [0.2, 0.25) is 5.91 Å². The van der Waals surface area contributed by atoms with Crippen LogP contribution in [-0.4, -0.2) is 21.1 Å². The van der Waals surface area contributed by atoms with Gasteiger partial charge < -0.3 is 5.32 Å². The minimum atomic E-state index is -0.0165. The normalized spacial score (nSPS) is 10.5. The van der Waals surface area contributed by atoms with Crippen LogP contribution in [-0.2, 0) is 11.2 Å². The number of hydrogen-bond acceptors (Lipinski definition) is 3. The Morgan fingerprint density at radius 2 is 2.44 bits per heavy atom. The van der Waals surface area contributed by atoms with Gasteiger partial charge in [0.1, 0.15) is 5.82 Å². The van der Waals surface area contributed by atoms with Crippen molar-refractivity contribution in [2.24, 2.45) is 0 Å². The van der Waals surface area contributed by atoms with Gasteiger partial charge in [-0.15, -0.1) is 6.58 Å². The Morgan fingerprint density at radius 3 is 3.17 bits per heavy atom. The molecule has 0 bridgehead atoms. The van der Waals surface area contributed by atoms with Gasteiger partial charge in [-0.25, -0.2) is 4.98 Å². The van der Waals surface area contributed by atoms with Crippen LogP contribution in [0.4, 0.5) is 5.82 Å². The van der Waals surface area contributed by atoms with Crippen LogP contribution >= 0.6 is 0 Å². The zero-order chi connectivity index (χ0) is 13.0. The molecule has 5 heteroatoms. The standard InChI is InChI=1S/C13H16N4O/c1-3-5-9-7-10-12(14-8-9)16-17-13(10)15-11(18)6-4-2/h3,7-8H,1,4-6H2,2H3,(H2,14,15,16,17,18). The van der Waals surface area contributed by atoms with Crippen molar-refractivity contribution in [1.82, 2.24) is 15.2 Å². The van der Waals surface area contributed by atoms with Gasteiger partial charge in [-0.05, 0) is 24.5 Å². The lowest BCUT2D eigenvalue weighted by Gasteiger charge is -2.02. The molecule has 18 heavy (non-hydrogen) atoms. The number of H-pyrrole nitrogens is 1. The SMILES string of the molecule is C=CCc1cnc2n[nH]c(NC(=O)CCC)c2c1. The molecule has 0 saturated carbocycles. The highest BCUT2D eigenvalue weighted by Crippen LogP contribution is 2.20. The summed E-state index contributed by atoms with van der Waals surface area (Å²) < 4.78 is 0. The van der Waals surface area contributed by atoms with Gasteiger partial charge in [0.05, 0.1) is 5.39 Å². The number of carbonyl (C=O) groups is 1. The molecule has 0 aromatic carbocycles. The molecule has 2 rings (SSSR count). The molecule has 0 fully saturated rings. The van der Waals surface area contributed by atoms with Gasteiger partial charge in [0.15, 0.2) is 5.65 Å². The molecule has 1 amide bonds. The first-order valence-corrected chi connectivity index (χ1v) is 5.98. The van der Waals surface area contributed by atoms with Crippen LogP contribution in [0.25, 0.3) is 11.0 Å². The van der Waals surface area contributed by atoms with Gasteiger partial charge in [0, 0.05) is 12.6 Å². The highest BCUT2D eigenvalue weighted by Gasteiger charge is 2.09. The number of aromatic nitrogens is 3. The van der Waals surface area contributed by atoms with Crippen LogP contribution in [0.1, 0.15) is 25.3 Å². The monoisotopic (exact) mass is 244 g/mol. The van der Waals surface area contributed by atoms with E-state index in [1.165, 1.54) is 0 Å². The van der Waals surface area contributed by atoms with E-state index in [1.807, 2.05) is 19.1 Å². The van der Waals surface area contributed by atoms with Crippen LogP contribution in [0.3, 0.4) is 0 Å². The summed E-state index contributed by atoms with van der Waals surface area (Å²) in [6.07, 6.45) is 5.65. The zero-order valence-corrected chi connectivity index (χ0v) is 10.4. The van der Waals surface area contributed by atoms with E-state index in [0.717, 1.165) is 23.8 Å². The fourth-order valence-corrected chi connectivity index (χ4v) is 1.75. The van der Waals surface area contributed by atoms with Crippen LogP contribution in [0, 0.1) is 0 Å². The summed E-state index contributed by atoms with van der Waals surface area (Å²) in [5, 5.41) is 10.5. The van der Waals surface area contributed by atoms with E-state index in [-0.39, 0.29) is 5.91 Å². The van der Waals surface area contributed by atoms with E-state index >= 15 is 0 Å². The molecule has 5 nitrogen and oxygen atoms in total. The van der Waals surface area contributed by atoms with Crippen LogP contribution in [0.5, 0.6) is 0 Å². The summed E-state index contributed by atoms with van der Waals surface area (Å²) in [6, 6.07) is 1.97. The number of anilines is 1. The summed E-state index contributed by atoms with van der Waals surface area (Å²) >= 11 is 0. The Hall–Kier alpha value is -2.17. The van der Waals surface area contributed by atoms with Gasteiger partial charge in [-0.3, -0.25) is 9.89 Å². The fraction of sp³-hybridized carbons (Fsp3) is 0.308. The third-order valence-corrected chi connectivity index (χ3v) is 2.59. The van der Waals surface area contributed by atoms with Crippen molar-refractivity contribution in [3.8, 4) is 0 Å². The number of fused-ring (bicyclic) bond motifs is 1. The summed E-state index contributed by atoms with van der Waals surface area (Å²) in [5.41, 5.74) is 1.65. The minimum Gasteiger partial charge on any atom is -0.311 e. The molecule has 0 spiro atoms. The molecular formula is C13H16N4O. The molecule has 0 aliphatic heterocycles. The first-order valence-electron chi connectivity index (χ1n) is 5.98. The van der Waals surface area contributed by atoms with E-state index in [0.29, 0.717) is 17.9 Å². The highest BCUT2D eigenvalue weighted by atomic mass is 16.1. The molecule has 2 aromatic rings. The van der Waals surface area contributed by atoms with E-state index in [9.17, 15) is 4.79 Å². The summed E-state index contributed by atoms with van der Waals surface area (Å²) in [4.78, 5) is 15.8. The molecule has 0 atom stereocenters. The van der Waals surface area contributed by atoms with Crippen molar-refractivity contribution in [3.63, 3.8) is 0 Å². The number of nitrogens with zero attached hydrogens (tertiary/aromatic N) is 2. The number of amides is 1. The van der Waals surface area contributed by atoms with E-state index in [1.54, 1.807) is 6.20 Å². The third-order valence-electron chi connectivity index (χ3n) is 2.59. The molecule has 94 valence electrons. The maximum absolute atomic E-state index is 11.6. The van der Waals surface area contributed by atoms with Crippen LogP contribution < -0.4 is 5.32 Å². The summed E-state index contributed by atoms with van der Waals surface area (Å²) in [7, 11) is 0. The van der Waals surface area contributed by atoms with E-state index in [4.69, 9.17) is 0 Å². The van der Waals surface area contributed by atoms with Gasteiger partial charge in [-0.2, -0.15) is 5.10 Å². The lowest BCUT2D eigenvalue weighted by atomic mass is 10.2. The first kappa shape index (κ1) is 12.3. The number of carbonyl (C=O) groups excluding carboxylic acids is 1. The van der Waals surface area contributed by atoms with Crippen LogP contribution in [0.2, 0.25) is 0 Å². The Balaban J connectivity index is 2.30. The van der Waals surface area contributed by atoms with E-state index < -0.39 is 0 Å². The number of hydrogen-bond donors (Lipinski definition) is 2. The number of nitrogens with one attached hydrogen (secondary N) is 2. The number of aromatic amines is 1. The van der Waals surface area contributed by atoms with Crippen molar-refractivity contribution in [2.45, 2.75) is 26.2 Å². The molecule has 0 aliphatic carbocycles. The number of rotatable bonds is 5. The molecule has 2 N–H and O–H groups in total. The Morgan fingerprint density at radius 1 is 1.61 bits per heavy atom. The maximum Gasteiger partial charge on any atom is 0.225 e. The topological polar surface area (TPSA) is 70.7 Å². The Bertz CT molecular complexity index is 573. The van der Waals surface area contributed by atoms with Crippen molar-refractivity contribution in [3.05, 3.63) is 30.5 Å². The lowest BCUT2D eigenvalue weighted by molar-refractivity contribution is -0.116. The van der Waals surface area contributed by atoms with Crippen molar-refractivity contribution < 1.29 is 4.79 Å². The van der Waals surface area contributed by atoms with Crippen molar-refractivity contribution in [2.75, 3.05) is 5.32 Å². The minimum absolute atomic E-state index is 0.0165. The predicted octanol–water partition coefficient (Wildman–Crippen LogP) is 2.43. The zero-order valence-electron chi connectivity index (χ0n) is 10.4. The first-order chi connectivity index (χ1) is 8.74. The molecule has 0 saturated heterocycles. The number of pyridine rings is 1. The second kappa shape index (κ2) is 5.44. The summed E-state index contributed by atoms with van der Waals surface area (Å²) in [5.74, 6) is 0.596. The molecule has 2 aromatic heterocycles. The quantitative estimate of drug-likeness (QED) is 0.793. The summed E-state index contributed by atoms with van der Waals surface area (Å²) in [6.45, 7) is 5.66. The Kier molecular flexibility index (Phi) is 3.72. The second-order valence-corrected chi connectivity index (χ2v) is 4.10. The van der Waals surface area contributed by atoms with Crippen molar-refractivity contribution in [1.29, 1.82) is 0 Å². The molecule has 2 heterocycles. The number of allylic oxidation sites excluding steroid dienone is 1. The lowest BCUT2D eigenvalue weighted by Crippen LogP contribution is -2.11. The largest absolute Gasteiger partial charge is 0.311 e. The van der Waals surface area contributed by atoms with Crippen molar-refractivity contribution >= 4 is 22.8 Å². The molecular weight excluding hydrogens is 228 g/mol. The predicted molar refractivity (Wildman–Crippen MR) is 71.3 cm³/mol.